The Bertz CT molecular complexity index is 1310. The van der Waals surface area contributed by atoms with Gasteiger partial charge >= 0.3 is 0 Å². The monoisotopic (exact) mass is 478 g/mol. The molecule has 1 aliphatic rings. The van der Waals surface area contributed by atoms with E-state index in [-0.39, 0.29) is 11.3 Å². The third-order valence-corrected chi connectivity index (χ3v) is 6.20. The Hall–Kier alpha value is -3.85. The average Bonchev–Trinajstić information content (AvgIpc) is 3.31. The summed E-state index contributed by atoms with van der Waals surface area (Å²) >= 11 is 0. The van der Waals surface area contributed by atoms with Crippen molar-refractivity contribution in [2.24, 2.45) is 0 Å². The number of methoxy groups -OCH3 is 2. The maximum atomic E-state index is 13.4. The van der Waals surface area contributed by atoms with Crippen LogP contribution in [0.3, 0.4) is 0 Å². The largest absolute Gasteiger partial charge is 0.505 e. The topological polar surface area (TPSA) is 96.6 Å². The fourth-order valence-electron chi connectivity index (χ4n) is 4.57. The van der Waals surface area contributed by atoms with Crippen molar-refractivity contribution < 1.29 is 24.2 Å². The van der Waals surface area contributed by atoms with E-state index in [9.17, 15) is 14.7 Å². The number of likely N-dealkylation sites (tertiary alicyclic amines) is 1. The number of imidazole rings is 1. The molecule has 1 aromatic carbocycles. The molecular formula is C26H30N4O5. The lowest BCUT2D eigenvalue weighted by Crippen LogP contribution is -2.32. The van der Waals surface area contributed by atoms with Crippen LogP contribution in [0.15, 0.2) is 48.2 Å². The first-order valence-electron chi connectivity index (χ1n) is 11.4. The summed E-state index contributed by atoms with van der Waals surface area (Å²) in [5, 5.41) is 11.6. The van der Waals surface area contributed by atoms with E-state index in [1.807, 2.05) is 37.2 Å². The first-order valence-corrected chi connectivity index (χ1v) is 11.4. The van der Waals surface area contributed by atoms with Crippen molar-refractivity contribution in [1.82, 2.24) is 19.2 Å². The van der Waals surface area contributed by atoms with Gasteiger partial charge in [0.1, 0.15) is 22.8 Å². The molecule has 1 N–H and O–H groups in total. The van der Waals surface area contributed by atoms with Gasteiger partial charge in [0.2, 0.25) is 0 Å². The van der Waals surface area contributed by atoms with E-state index in [1.54, 1.807) is 42.8 Å². The van der Waals surface area contributed by atoms with Crippen LogP contribution in [0.4, 0.5) is 0 Å². The van der Waals surface area contributed by atoms with E-state index < -0.39 is 17.7 Å². The second kappa shape index (κ2) is 9.79. The van der Waals surface area contributed by atoms with Gasteiger partial charge in [-0.05, 0) is 64.3 Å². The lowest BCUT2D eigenvalue weighted by Gasteiger charge is -2.27. The van der Waals surface area contributed by atoms with E-state index in [0.29, 0.717) is 47.1 Å². The van der Waals surface area contributed by atoms with E-state index in [0.717, 1.165) is 6.54 Å². The molecule has 0 unspecified atom stereocenters. The summed E-state index contributed by atoms with van der Waals surface area (Å²) in [6.07, 6.45) is 2.41. The molecule has 0 bridgehead atoms. The molecule has 9 nitrogen and oxygen atoms in total. The molecule has 0 radical (unpaired) electrons. The second-order valence-electron chi connectivity index (χ2n) is 8.73. The van der Waals surface area contributed by atoms with Crippen LogP contribution in [0.1, 0.15) is 29.4 Å². The highest BCUT2D eigenvalue weighted by molar-refractivity contribution is 6.46. The quantitative estimate of drug-likeness (QED) is 0.302. The van der Waals surface area contributed by atoms with Gasteiger partial charge in [-0.3, -0.25) is 14.0 Å². The molecule has 1 amide bonds. The molecule has 4 rings (SSSR count). The Balaban J connectivity index is 1.95. The van der Waals surface area contributed by atoms with Gasteiger partial charge in [0.05, 0.1) is 31.5 Å². The van der Waals surface area contributed by atoms with Crippen LogP contribution in [-0.2, 0) is 9.59 Å². The van der Waals surface area contributed by atoms with Gasteiger partial charge in [-0.1, -0.05) is 6.07 Å². The second-order valence-corrected chi connectivity index (χ2v) is 8.73. The minimum absolute atomic E-state index is 0.000147. The molecular weight excluding hydrogens is 448 g/mol. The minimum Gasteiger partial charge on any atom is -0.505 e. The number of aliphatic hydroxyl groups excluding tert-OH is 1. The SMILES string of the molecule is COc1ccc(OC)c([C@H]2C(=C(O)c3c(C)nc4ccccn34)C(=O)C(=O)N2CCCN(C)C)c1. The van der Waals surface area contributed by atoms with E-state index >= 15 is 0 Å². The Morgan fingerprint density at radius 2 is 1.91 bits per heavy atom. The molecule has 2 aromatic heterocycles. The number of ketones is 1. The Kier molecular flexibility index (Phi) is 6.79. The summed E-state index contributed by atoms with van der Waals surface area (Å²) in [5.74, 6) is -0.648. The maximum absolute atomic E-state index is 13.4. The highest BCUT2D eigenvalue weighted by Crippen LogP contribution is 2.44. The number of rotatable bonds is 8. The first-order chi connectivity index (χ1) is 16.8. The van der Waals surface area contributed by atoms with Crippen LogP contribution in [0, 0.1) is 6.92 Å². The van der Waals surface area contributed by atoms with Gasteiger partial charge in [0, 0.05) is 18.3 Å². The van der Waals surface area contributed by atoms with Crippen LogP contribution in [0.5, 0.6) is 11.5 Å². The van der Waals surface area contributed by atoms with Gasteiger partial charge in [-0.15, -0.1) is 0 Å². The van der Waals surface area contributed by atoms with E-state index in [4.69, 9.17) is 9.47 Å². The number of hydrogen-bond donors (Lipinski definition) is 1. The first kappa shape index (κ1) is 24.3. The number of aliphatic hydroxyl groups is 1. The molecule has 3 aromatic rings. The Morgan fingerprint density at radius 3 is 2.60 bits per heavy atom. The number of pyridine rings is 1. The fourth-order valence-corrected chi connectivity index (χ4v) is 4.57. The zero-order valence-corrected chi connectivity index (χ0v) is 20.6. The predicted molar refractivity (Wildman–Crippen MR) is 132 cm³/mol. The number of carbonyl (C=O) groups excluding carboxylic acids is 2. The highest BCUT2D eigenvalue weighted by atomic mass is 16.5. The number of Topliss-reactive ketones (excluding diaryl/α,β-unsaturated/α-hetero) is 1. The van der Waals surface area contributed by atoms with Crippen molar-refractivity contribution in [3.8, 4) is 11.5 Å². The molecule has 1 aliphatic heterocycles. The van der Waals surface area contributed by atoms with Crippen molar-refractivity contribution >= 4 is 23.1 Å². The van der Waals surface area contributed by atoms with Crippen LogP contribution < -0.4 is 9.47 Å². The number of aryl methyl sites for hydroxylation is 1. The number of benzene rings is 1. The van der Waals surface area contributed by atoms with Crippen molar-refractivity contribution in [3.05, 3.63) is 65.1 Å². The van der Waals surface area contributed by atoms with Gasteiger partial charge < -0.3 is 24.4 Å². The Labute approximate surface area is 204 Å². The number of amides is 1. The number of aromatic nitrogens is 2. The summed E-state index contributed by atoms with van der Waals surface area (Å²) in [7, 11) is 6.97. The molecule has 1 atom stereocenters. The summed E-state index contributed by atoms with van der Waals surface area (Å²) in [6, 6.07) is 9.83. The van der Waals surface area contributed by atoms with Gasteiger partial charge in [-0.2, -0.15) is 0 Å². The molecule has 184 valence electrons. The average molecular weight is 479 g/mol. The summed E-state index contributed by atoms with van der Waals surface area (Å²) in [6.45, 7) is 2.82. The van der Waals surface area contributed by atoms with Crippen molar-refractivity contribution in [3.63, 3.8) is 0 Å². The Morgan fingerprint density at radius 1 is 1.14 bits per heavy atom. The third kappa shape index (κ3) is 4.35. The van der Waals surface area contributed by atoms with Crippen molar-refractivity contribution in [1.29, 1.82) is 0 Å². The zero-order valence-electron chi connectivity index (χ0n) is 20.6. The minimum atomic E-state index is -0.851. The molecule has 0 spiro atoms. The molecule has 35 heavy (non-hydrogen) atoms. The molecule has 0 saturated carbocycles. The lowest BCUT2D eigenvalue weighted by molar-refractivity contribution is -0.140. The van der Waals surface area contributed by atoms with Gasteiger partial charge in [0.15, 0.2) is 5.76 Å². The van der Waals surface area contributed by atoms with Crippen LogP contribution in [0.2, 0.25) is 0 Å². The number of ether oxygens (including phenoxy) is 2. The van der Waals surface area contributed by atoms with Crippen LogP contribution in [0.25, 0.3) is 11.4 Å². The highest BCUT2D eigenvalue weighted by Gasteiger charge is 2.47. The zero-order chi connectivity index (χ0) is 25.3. The van der Waals surface area contributed by atoms with Crippen molar-refractivity contribution in [2.45, 2.75) is 19.4 Å². The van der Waals surface area contributed by atoms with Crippen LogP contribution in [-0.4, -0.2) is 77.4 Å². The summed E-state index contributed by atoms with van der Waals surface area (Å²) in [4.78, 5) is 34.7. The molecule has 3 heterocycles. The number of carbonyl (C=O) groups is 2. The number of nitrogens with zero attached hydrogens (tertiary/aromatic N) is 4. The lowest BCUT2D eigenvalue weighted by atomic mass is 9.95. The van der Waals surface area contributed by atoms with Gasteiger partial charge in [0.25, 0.3) is 11.7 Å². The summed E-state index contributed by atoms with van der Waals surface area (Å²) in [5.41, 5.74) is 2.11. The fraction of sp³-hybridized carbons (Fsp3) is 0.346. The van der Waals surface area contributed by atoms with E-state index in [1.165, 1.54) is 12.0 Å². The maximum Gasteiger partial charge on any atom is 0.295 e. The number of fused-ring (bicyclic) bond motifs is 1. The third-order valence-electron chi connectivity index (χ3n) is 6.20. The molecule has 0 aliphatic carbocycles. The standard InChI is InChI=1S/C26H30N4O5/c1-16-22(29-13-7-6-9-20(29)27-16)24(31)21-23(18-15-17(34-4)10-11-19(18)35-5)30(26(33)25(21)32)14-8-12-28(2)3/h6-7,9-11,13,15,23,31H,8,12,14H2,1-5H3/t23-/m0/s1. The molecule has 1 fully saturated rings. The summed E-state index contributed by atoms with van der Waals surface area (Å²) < 4.78 is 12.7. The van der Waals surface area contributed by atoms with Crippen molar-refractivity contribution in [2.75, 3.05) is 41.4 Å². The van der Waals surface area contributed by atoms with Crippen LogP contribution >= 0.6 is 0 Å². The smallest absolute Gasteiger partial charge is 0.295 e. The van der Waals surface area contributed by atoms with Gasteiger partial charge in [-0.25, -0.2) is 4.98 Å². The predicted octanol–water partition coefficient (Wildman–Crippen LogP) is 3.03. The molecule has 1 saturated heterocycles. The van der Waals surface area contributed by atoms with E-state index in [2.05, 4.69) is 4.98 Å². The normalized spacial score (nSPS) is 17.5. The number of hydrogen-bond acceptors (Lipinski definition) is 7. The molecule has 9 heteroatoms.